The number of anilines is 1. The first-order valence-electron chi connectivity index (χ1n) is 9.66. The van der Waals surface area contributed by atoms with Crippen molar-refractivity contribution >= 4 is 26.4 Å². The number of pyridine rings is 1. The Balaban J connectivity index is 2.24. The van der Waals surface area contributed by atoms with Gasteiger partial charge in [-0.1, -0.05) is 19.1 Å². The molecule has 3 aromatic rings. The van der Waals surface area contributed by atoms with Gasteiger partial charge in [0, 0.05) is 26.3 Å². The number of fused-ring (bicyclic) bond motifs is 1. The Kier molecular flexibility index (Phi) is 5.80. The van der Waals surface area contributed by atoms with Gasteiger partial charge in [0.25, 0.3) is 0 Å². The quantitative estimate of drug-likeness (QED) is 0.611. The predicted molar refractivity (Wildman–Crippen MR) is 114 cm³/mol. The van der Waals surface area contributed by atoms with E-state index >= 15 is 0 Å². The number of aromatic nitrogens is 1. The molecule has 0 spiro atoms. The van der Waals surface area contributed by atoms with Gasteiger partial charge in [-0.15, -0.1) is 0 Å². The normalized spacial score (nSPS) is 11.8. The standard InChI is InChI=1S/C22H25FN2O3S/c1-5-15-8-10-16(11-9-15)29(27,28)21-14-24(4)19-13-20(25(6-2)7-3)18(23)12-17(19)22(21)26/h8-14H,5-7H2,1-4H3. The molecule has 0 saturated heterocycles. The second-order valence-corrected chi connectivity index (χ2v) is 8.85. The molecular formula is C22H25FN2O3S. The van der Waals surface area contributed by atoms with E-state index in [0.717, 1.165) is 18.1 Å². The topological polar surface area (TPSA) is 59.4 Å². The summed E-state index contributed by atoms with van der Waals surface area (Å²) in [6.07, 6.45) is 2.10. The van der Waals surface area contributed by atoms with E-state index in [9.17, 15) is 17.6 Å². The van der Waals surface area contributed by atoms with Gasteiger partial charge < -0.3 is 9.47 Å². The largest absolute Gasteiger partial charge is 0.370 e. The van der Waals surface area contributed by atoms with Gasteiger partial charge in [-0.2, -0.15) is 0 Å². The van der Waals surface area contributed by atoms with Crippen molar-refractivity contribution in [2.75, 3.05) is 18.0 Å². The molecule has 0 saturated carbocycles. The summed E-state index contributed by atoms with van der Waals surface area (Å²) in [4.78, 5) is 14.6. The molecule has 0 aliphatic rings. The molecule has 0 fully saturated rings. The maximum atomic E-state index is 14.8. The second-order valence-electron chi connectivity index (χ2n) is 6.93. The van der Waals surface area contributed by atoms with Crippen LogP contribution < -0.4 is 10.3 Å². The second kappa shape index (κ2) is 7.99. The number of hydrogen-bond acceptors (Lipinski definition) is 4. The zero-order valence-electron chi connectivity index (χ0n) is 17.1. The van der Waals surface area contributed by atoms with Gasteiger partial charge in [-0.05, 0) is 50.1 Å². The highest BCUT2D eigenvalue weighted by molar-refractivity contribution is 7.91. The van der Waals surface area contributed by atoms with Crippen molar-refractivity contribution in [3.63, 3.8) is 0 Å². The Hall–Kier alpha value is -2.67. The highest BCUT2D eigenvalue weighted by atomic mass is 32.2. The Morgan fingerprint density at radius 3 is 2.21 bits per heavy atom. The first-order valence-corrected chi connectivity index (χ1v) is 11.1. The minimum Gasteiger partial charge on any atom is -0.370 e. The van der Waals surface area contributed by atoms with E-state index in [0.29, 0.717) is 24.3 Å². The molecule has 1 heterocycles. The van der Waals surface area contributed by atoms with Gasteiger partial charge in [-0.25, -0.2) is 12.8 Å². The molecule has 0 amide bonds. The fourth-order valence-corrected chi connectivity index (χ4v) is 4.89. The summed E-state index contributed by atoms with van der Waals surface area (Å²) in [6, 6.07) is 9.21. The smallest absolute Gasteiger partial charge is 0.211 e. The molecule has 5 nitrogen and oxygen atoms in total. The van der Waals surface area contributed by atoms with Crippen molar-refractivity contribution < 1.29 is 12.8 Å². The number of sulfone groups is 1. The minimum absolute atomic E-state index is 0.0476. The monoisotopic (exact) mass is 416 g/mol. The molecular weight excluding hydrogens is 391 g/mol. The molecule has 154 valence electrons. The molecule has 0 N–H and O–H groups in total. The van der Waals surface area contributed by atoms with Crippen molar-refractivity contribution in [1.82, 2.24) is 4.57 Å². The van der Waals surface area contributed by atoms with E-state index in [1.807, 2.05) is 25.7 Å². The molecule has 29 heavy (non-hydrogen) atoms. The Morgan fingerprint density at radius 1 is 1.03 bits per heavy atom. The zero-order chi connectivity index (χ0) is 21.3. The van der Waals surface area contributed by atoms with E-state index < -0.39 is 21.1 Å². The van der Waals surface area contributed by atoms with Crippen LogP contribution in [0, 0.1) is 5.82 Å². The summed E-state index contributed by atoms with van der Waals surface area (Å²) in [6.45, 7) is 7.06. The molecule has 0 bridgehead atoms. The fraction of sp³-hybridized carbons (Fsp3) is 0.318. The van der Waals surface area contributed by atoms with Crippen molar-refractivity contribution in [2.24, 2.45) is 7.05 Å². The zero-order valence-corrected chi connectivity index (χ0v) is 17.9. The van der Waals surface area contributed by atoms with Gasteiger partial charge in [0.05, 0.1) is 21.5 Å². The maximum Gasteiger partial charge on any atom is 0.211 e. The van der Waals surface area contributed by atoms with Crippen LogP contribution in [-0.2, 0) is 23.3 Å². The number of aryl methyl sites for hydroxylation is 2. The Morgan fingerprint density at radius 2 is 1.66 bits per heavy atom. The van der Waals surface area contributed by atoms with Crippen molar-refractivity contribution in [1.29, 1.82) is 0 Å². The van der Waals surface area contributed by atoms with Crippen LogP contribution in [0.1, 0.15) is 26.3 Å². The number of halogens is 1. The van der Waals surface area contributed by atoms with Crippen LogP contribution >= 0.6 is 0 Å². The van der Waals surface area contributed by atoms with E-state index in [2.05, 4.69) is 0 Å². The highest BCUT2D eigenvalue weighted by Gasteiger charge is 2.24. The summed E-state index contributed by atoms with van der Waals surface area (Å²) >= 11 is 0. The third-order valence-electron chi connectivity index (χ3n) is 5.26. The molecule has 2 aromatic carbocycles. The van der Waals surface area contributed by atoms with Crippen molar-refractivity contribution in [3.05, 3.63) is 64.2 Å². The molecule has 0 radical (unpaired) electrons. The van der Waals surface area contributed by atoms with Crippen LogP contribution in [0.25, 0.3) is 10.9 Å². The SMILES string of the molecule is CCc1ccc(S(=O)(=O)c2cn(C)c3cc(N(CC)CC)c(F)cc3c2=O)cc1. The maximum absolute atomic E-state index is 14.8. The average Bonchev–Trinajstić information content (AvgIpc) is 2.72. The number of rotatable bonds is 6. The molecule has 1 aromatic heterocycles. The van der Waals surface area contributed by atoms with E-state index in [4.69, 9.17) is 0 Å². The van der Waals surface area contributed by atoms with Crippen LogP contribution in [0.5, 0.6) is 0 Å². The molecule has 0 aliphatic carbocycles. The average molecular weight is 417 g/mol. The molecule has 0 unspecified atom stereocenters. The molecule has 0 aliphatic heterocycles. The number of hydrogen-bond donors (Lipinski definition) is 0. The van der Waals surface area contributed by atoms with E-state index in [1.54, 1.807) is 29.8 Å². The molecule has 3 rings (SSSR count). The Bertz CT molecular complexity index is 1210. The lowest BCUT2D eigenvalue weighted by Crippen LogP contribution is -2.24. The van der Waals surface area contributed by atoms with Gasteiger partial charge in [0.2, 0.25) is 15.3 Å². The predicted octanol–water partition coefficient (Wildman–Crippen LogP) is 3.92. The summed E-state index contributed by atoms with van der Waals surface area (Å²) in [5, 5.41) is 0.0483. The van der Waals surface area contributed by atoms with Gasteiger partial charge in [-0.3, -0.25) is 4.79 Å². The van der Waals surface area contributed by atoms with E-state index in [1.165, 1.54) is 18.3 Å². The summed E-state index contributed by atoms with van der Waals surface area (Å²) in [5.41, 5.74) is 1.19. The minimum atomic E-state index is -4.02. The van der Waals surface area contributed by atoms with Crippen LogP contribution in [0.2, 0.25) is 0 Å². The molecule has 0 atom stereocenters. The van der Waals surface area contributed by atoms with Gasteiger partial charge in [0.1, 0.15) is 10.7 Å². The van der Waals surface area contributed by atoms with Gasteiger partial charge in [0.15, 0.2) is 0 Å². The Labute approximate surface area is 170 Å². The van der Waals surface area contributed by atoms with Crippen LogP contribution in [-0.4, -0.2) is 26.1 Å². The van der Waals surface area contributed by atoms with Crippen LogP contribution in [0.15, 0.2) is 57.2 Å². The summed E-state index contributed by atoms with van der Waals surface area (Å²) < 4.78 is 42.5. The third-order valence-corrected chi connectivity index (χ3v) is 7.02. The van der Waals surface area contributed by atoms with E-state index in [-0.39, 0.29) is 15.2 Å². The lowest BCUT2D eigenvalue weighted by molar-refractivity contribution is 0.594. The van der Waals surface area contributed by atoms with Crippen molar-refractivity contribution in [2.45, 2.75) is 37.0 Å². The van der Waals surface area contributed by atoms with Crippen LogP contribution in [0.3, 0.4) is 0 Å². The van der Waals surface area contributed by atoms with Gasteiger partial charge >= 0.3 is 0 Å². The summed E-state index contributed by atoms with van der Waals surface area (Å²) in [7, 11) is -2.37. The highest BCUT2D eigenvalue weighted by Crippen LogP contribution is 2.27. The lowest BCUT2D eigenvalue weighted by Gasteiger charge is -2.22. The fourth-order valence-electron chi connectivity index (χ4n) is 3.49. The van der Waals surface area contributed by atoms with Crippen LogP contribution in [0.4, 0.5) is 10.1 Å². The summed E-state index contributed by atoms with van der Waals surface area (Å²) in [5.74, 6) is -0.542. The van der Waals surface area contributed by atoms with Crippen molar-refractivity contribution in [3.8, 4) is 0 Å². The number of nitrogens with zero attached hydrogens (tertiary/aromatic N) is 2. The molecule has 7 heteroatoms. The third kappa shape index (κ3) is 3.67. The first-order chi connectivity index (χ1) is 13.7. The lowest BCUT2D eigenvalue weighted by atomic mass is 10.1. The number of benzene rings is 2. The first kappa shape index (κ1) is 21.0.